The number of aromatic nitrogens is 1. The molecule has 1 aromatic heterocycles. The van der Waals surface area contributed by atoms with Crippen LogP contribution < -0.4 is 0 Å². The standard InChI is InChI=1S/C14H18N2O4/c1-14(2,3)9-4-6-16(7-5-9)12(17)10-8-11(13(18)19)20-15-10/h4,8H,5-7H2,1-3H3,(H,18,19). The molecule has 1 N–H and O–H groups in total. The van der Waals surface area contributed by atoms with Gasteiger partial charge >= 0.3 is 5.97 Å². The van der Waals surface area contributed by atoms with Crippen LogP contribution in [0.5, 0.6) is 0 Å². The van der Waals surface area contributed by atoms with Crippen LogP contribution in [0.1, 0.15) is 48.2 Å². The first kappa shape index (κ1) is 14.3. The van der Waals surface area contributed by atoms with Gasteiger partial charge in [-0.15, -0.1) is 0 Å². The first-order chi connectivity index (χ1) is 9.29. The van der Waals surface area contributed by atoms with Crippen molar-refractivity contribution >= 4 is 11.9 Å². The molecule has 6 nitrogen and oxygen atoms in total. The Bertz CT molecular complexity index is 566. The Hall–Kier alpha value is -2.11. The van der Waals surface area contributed by atoms with E-state index in [1.807, 2.05) is 0 Å². The van der Waals surface area contributed by atoms with Crippen LogP contribution in [0.3, 0.4) is 0 Å². The summed E-state index contributed by atoms with van der Waals surface area (Å²) in [5, 5.41) is 12.3. The quantitative estimate of drug-likeness (QED) is 0.838. The van der Waals surface area contributed by atoms with Crippen molar-refractivity contribution in [3.05, 3.63) is 29.2 Å². The fraction of sp³-hybridized carbons (Fsp3) is 0.500. The Labute approximate surface area is 117 Å². The number of aromatic carboxylic acids is 1. The SMILES string of the molecule is CC(C)(C)C1=CCN(C(=O)c2cc(C(=O)O)on2)CC1. The highest BCUT2D eigenvalue weighted by Crippen LogP contribution is 2.30. The average molecular weight is 278 g/mol. The molecular formula is C14H18N2O4. The predicted octanol–water partition coefficient (Wildman–Crippen LogP) is 2.19. The summed E-state index contributed by atoms with van der Waals surface area (Å²) in [5.74, 6) is -1.85. The second-order valence-corrected chi connectivity index (χ2v) is 5.86. The largest absolute Gasteiger partial charge is 0.475 e. The molecule has 2 heterocycles. The van der Waals surface area contributed by atoms with Crippen LogP contribution in [0.2, 0.25) is 0 Å². The zero-order chi connectivity index (χ0) is 14.9. The summed E-state index contributed by atoms with van der Waals surface area (Å²) in [6.07, 6.45) is 2.87. The van der Waals surface area contributed by atoms with Crippen LogP contribution >= 0.6 is 0 Å². The summed E-state index contributed by atoms with van der Waals surface area (Å²) in [4.78, 5) is 24.5. The van der Waals surface area contributed by atoms with Crippen LogP contribution in [0.15, 0.2) is 22.2 Å². The molecule has 0 saturated heterocycles. The molecule has 6 heteroatoms. The van der Waals surface area contributed by atoms with Crippen molar-refractivity contribution in [2.24, 2.45) is 5.41 Å². The van der Waals surface area contributed by atoms with Crippen LogP contribution in [-0.4, -0.2) is 40.1 Å². The third kappa shape index (κ3) is 2.89. The average Bonchev–Trinajstić information content (AvgIpc) is 2.86. The molecule has 20 heavy (non-hydrogen) atoms. The Morgan fingerprint density at radius 1 is 1.40 bits per heavy atom. The van der Waals surface area contributed by atoms with Gasteiger partial charge in [-0.05, 0) is 11.8 Å². The van der Waals surface area contributed by atoms with E-state index in [1.165, 1.54) is 5.57 Å². The molecule has 0 fully saturated rings. The van der Waals surface area contributed by atoms with Gasteiger partial charge < -0.3 is 14.5 Å². The van der Waals surface area contributed by atoms with Crippen molar-refractivity contribution < 1.29 is 19.2 Å². The van der Waals surface area contributed by atoms with E-state index in [0.717, 1.165) is 12.5 Å². The lowest BCUT2D eigenvalue weighted by atomic mass is 9.83. The smallest absolute Gasteiger partial charge is 0.374 e. The van der Waals surface area contributed by atoms with E-state index in [1.54, 1.807) is 4.90 Å². The first-order valence-corrected chi connectivity index (χ1v) is 6.48. The fourth-order valence-corrected chi connectivity index (χ4v) is 2.17. The molecule has 0 bridgehead atoms. The number of amides is 1. The molecule has 0 saturated carbocycles. The molecule has 1 aliphatic rings. The van der Waals surface area contributed by atoms with E-state index in [0.29, 0.717) is 13.1 Å². The predicted molar refractivity (Wildman–Crippen MR) is 71.5 cm³/mol. The van der Waals surface area contributed by atoms with Gasteiger partial charge in [-0.2, -0.15) is 0 Å². The molecule has 0 atom stereocenters. The number of carbonyl (C=O) groups is 2. The maximum absolute atomic E-state index is 12.2. The van der Waals surface area contributed by atoms with Crippen molar-refractivity contribution in [2.45, 2.75) is 27.2 Å². The Morgan fingerprint density at radius 3 is 2.55 bits per heavy atom. The third-order valence-electron chi connectivity index (χ3n) is 3.40. The second kappa shape index (κ2) is 5.11. The van der Waals surface area contributed by atoms with Crippen LogP contribution in [0, 0.1) is 5.41 Å². The van der Waals surface area contributed by atoms with E-state index >= 15 is 0 Å². The summed E-state index contributed by atoms with van der Waals surface area (Å²) < 4.78 is 4.60. The van der Waals surface area contributed by atoms with Crippen LogP contribution in [-0.2, 0) is 0 Å². The molecule has 1 aliphatic heterocycles. The van der Waals surface area contributed by atoms with Crippen molar-refractivity contribution in [1.29, 1.82) is 0 Å². The highest BCUT2D eigenvalue weighted by Gasteiger charge is 2.26. The molecule has 0 radical (unpaired) electrons. The third-order valence-corrected chi connectivity index (χ3v) is 3.40. The molecule has 1 aromatic rings. The number of carboxylic acid groups (broad SMARTS) is 1. The van der Waals surface area contributed by atoms with Gasteiger partial charge in [0.15, 0.2) is 5.69 Å². The van der Waals surface area contributed by atoms with E-state index in [4.69, 9.17) is 5.11 Å². The lowest BCUT2D eigenvalue weighted by molar-refractivity contribution is 0.0649. The lowest BCUT2D eigenvalue weighted by Crippen LogP contribution is -2.36. The molecule has 2 rings (SSSR count). The van der Waals surface area contributed by atoms with Crippen molar-refractivity contribution in [1.82, 2.24) is 10.1 Å². The summed E-state index contributed by atoms with van der Waals surface area (Å²) >= 11 is 0. The van der Waals surface area contributed by atoms with Gasteiger partial charge in [0.05, 0.1) is 0 Å². The number of hydrogen-bond acceptors (Lipinski definition) is 4. The highest BCUT2D eigenvalue weighted by atomic mass is 16.5. The minimum Gasteiger partial charge on any atom is -0.475 e. The Balaban J connectivity index is 2.08. The second-order valence-electron chi connectivity index (χ2n) is 5.86. The summed E-state index contributed by atoms with van der Waals surface area (Å²) in [6.45, 7) is 7.56. The van der Waals surface area contributed by atoms with Gasteiger partial charge in [-0.1, -0.05) is 37.6 Å². The highest BCUT2D eigenvalue weighted by molar-refractivity contribution is 5.95. The Kier molecular flexibility index (Phi) is 3.65. The molecule has 0 aromatic carbocycles. The minimum absolute atomic E-state index is 0.0370. The summed E-state index contributed by atoms with van der Waals surface area (Å²) in [6, 6.07) is 1.16. The molecule has 0 aliphatic carbocycles. The summed E-state index contributed by atoms with van der Waals surface area (Å²) in [5.41, 5.74) is 1.47. The molecule has 108 valence electrons. The molecular weight excluding hydrogens is 260 g/mol. The van der Waals surface area contributed by atoms with Gasteiger partial charge in [0.25, 0.3) is 5.91 Å². The molecule has 0 unspecified atom stereocenters. The zero-order valence-corrected chi connectivity index (χ0v) is 11.8. The normalized spacial score (nSPS) is 15.9. The number of carboxylic acids is 1. The topological polar surface area (TPSA) is 83.6 Å². The zero-order valence-electron chi connectivity index (χ0n) is 11.8. The molecule has 0 spiro atoms. The fourth-order valence-electron chi connectivity index (χ4n) is 2.17. The Morgan fingerprint density at radius 2 is 2.10 bits per heavy atom. The number of hydrogen-bond donors (Lipinski definition) is 1. The number of rotatable bonds is 2. The van der Waals surface area contributed by atoms with E-state index in [2.05, 4.69) is 36.5 Å². The molecule has 1 amide bonds. The van der Waals surface area contributed by atoms with Crippen LogP contribution in [0.4, 0.5) is 0 Å². The maximum Gasteiger partial charge on any atom is 0.374 e. The minimum atomic E-state index is -1.23. The van der Waals surface area contributed by atoms with Gasteiger partial charge in [-0.25, -0.2) is 4.79 Å². The van der Waals surface area contributed by atoms with Crippen molar-refractivity contribution in [3.63, 3.8) is 0 Å². The van der Waals surface area contributed by atoms with Crippen molar-refractivity contribution in [3.8, 4) is 0 Å². The van der Waals surface area contributed by atoms with Crippen molar-refractivity contribution in [2.75, 3.05) is 13.1 Å². The van der Waals surface area contributed by atoms with Gasteiger partial charge in [-0.3, -0.25) is 4.79 Å². The monoisotopic (exact) mass is 278 g/mol. The summed E-state index contributed by atoms with van der Waals surface area (Å²) in [7, 11) is 0. The number of carbonyl (C=O) groups excluding carboxylic acids is 1. The van der Waals surface area contributed by atoms with Gasteiger partial charge in [0.2, 0.25) is 5.76 Å². The first-order valence-electron chi connectivity index (χ1n) is 6.48. The van der Waals surface area contributed by atoms with E-state index in [9.17, 15) is 9.59 Å². The van der Waals surface area contributed by atoms with E-state index < -0.39 is 5.97 Å². The van der Waals surface area contributed by atoms with Gasteiger partial charge in [0, 0.05) is 19.2 Å². The van der Waals surface area contributed by atoms with Crippen LogP contribution in [0.25, 0.3) is 0 Å². The van der Waals surface area contributed by atoms with E-state index in [-0.39, 0.29) is 22.8 Å². The maximum atomic E-state index is 12.2. The van der Waals surface area contributed by atoms with Gasteiger partial charge in [0.1, 0.15) is 0 Å². The number of nitrogens with zero attached hydrogens (tertiary/aromatic N) is 2. The lowest BCUT2D eigenvalue weighted by Gasteiger charge is -2.31.